The highest BCUT2D eigenvalue weighted by molar-refractivity contribution is 5.81. The molecule has 2 aromatic rings. The van der Waals surface area contributed by atoms with Crippen molar-refractivity contribution in [3.63, 3.8) is 0 Å². The zero-order valence-electron chi connectivity index (χ0n) is 17.3. The van der Waals surface area contributed by atoms with Crippen LogP contribution >= 0.6 is 0 Å². The third-order valence-electron chi connectivity index (χ3n) is 5.87. The molecule has 1 aliphatic rings. The summed E-state index contributed by atoms with van der Waals surface area (Å²) in [6, 6.07) is 20.4. The Bertz CT molecular complexity index is 768. The van der Waals surface area contributed by atoms with Gasteiger partial charge in [0.05, 0.1) is 0 Å². The van der Waals surface area contributed by atoms with Crippen LogP contribution in [0.3, 0.4) is 0 Å². The summed E-state index contributed by atoms with van der Waals surface area (Å²) >= 11 is 0. The van der Waals surface area contributed by atoms with Crippen molar-refractivity contribution in [1.29, 1.82) is 0 Å². The summed E-state index contributed by atoms with van der Waals surface area (Å²) in [5.41, 5.74) is 2.45. The third kappa shape index (κ3) is 6.45. The zero-order valence-corrected chi connectivity index (χ0v) is 17.3. The first-order valence-electron chi connectivity index (χ1n) is 10.7. The van der Waals surface area contributed by atoms with E-state index in [0.29, 0.717) is 13.1 Å². The predicted octanol–water partition coefficient (Wildman–Crippen LogP) is 4.20. The van der Waals surface area contributed by atoms with Crippen molar-refractivity contribution in [1.82, 2.24) is 10.2 Å². The second-order valence-electron chi connectivity index (χ2n) is 8.11. The van der Waals surface area contributed by atoms with E-state index in [2.05, 4.69) is 17.4 Å². The van der Waals surface area contributed by atoms with Gasteiger partial charge in [-0.3, -0.25) is 9.59 Å². The molecular formula is C25H32N2O2. The van der Waals surface area contributed by atoms with Crippen molar-refractivity contribution in [2.24, 2.45) is 11.8 Å². The Labute approximate surface area is 174 Å². The maximum atomic E-state index is 12.7. The minimum Gasteiger partial charge on any atom is -0.356 e. The lowest BCUT2D eigenvalue weighted by Gasteiger charge is -2.30. The molecule has 0 spiro atoms. The van der Waals surface area contributed by atoms with E-state index in [1.54, 1.807) is 0 Å². The number of nitrogens with one attached hydrogen (secondary N) is 1. The van der Waals surface area contributed by atoms with Gasteiger partial charge in [-0.2, -0.15) is 0 Å². The number of aryl methyl sites for hydroxylation is 1. The molecule has 1 aliphatic carbocycles. The van der Waals surface area contributed by atoms with E-state index in [1.807, 2.05) is 60.5 Å². The van der Waals surface area contributed by atoms with Crippen LogP contribution in [-0.4, -0.2) is 30.3 Å². The highest BCUT2D eigenvalue weighted by Gasteiger charge is 2.31. The highest BCUT2D eigenvalue weighted by atomic mass is 16.2. The number of benzene rings is 2. The molecule has 1 saturated carbocycles. The van der Waals surface area contributed by atoms with Crippen LogP contribution in [0.15, 0.2) is 60.7 Å². The van der Waals surface area contributed by atoms with Gasteiger partial charge in [-0.05, 0) is 49.7 Å². The molecule has 0 bridgehead atoms. The van der Waals surface area contributed by atoms with Crippen molar-refractivity contribution in [2.75, 3.05) is 13.6 Å². The molecule has 2 amide bonds. The molecule has 0 aliphatic heterocycles. The Morgan fingerprint density at radius 3 is 2.03 bits per heavy atom. The molecule has 0 unspecified atom stereocenters. The number of hydrogen-bond acceptors (Lipinski definition) is 2. The lowest BCUT2D eigenvalue weighted by Crippen LogP contribution is -2.38. The quantitative estimate of drug-likeness (QED) is 0.685. The van der Waals surface area contributed by atoms with E-state index < -0.39 is 0 Å². The zero-order chi connectivity index (χ0) is 20.5. The number of hydrogen-bond donors (Lipinski definition) is 1. The fourth-order valence-corrected chi connectivity index (χ4v) is 4.14. The first-order valence-corrected chi connectivity index (χ1v) is 10.7. The number of rotatable bonds is 8. The van der Waals surface area contributed by atoms with E-state index in [9.17, 15) is 9.59 Å². The SMILES string of the molecule is CN(Cc1ccccc1)C(=O)C1CCC(C(=O)NCCCc2ccccc2)CC1. The van der Waals surface area contributed by atoms with Gasteiger partial charge in [-0.15, -0.1) is 0 Å². The van der Waals surface area contributed by atoms with Crippen LogP contribution in [0, 0.1) is 11.8 Å². The lowest BCUT2D eigenvalue weighted by molar-refractivity contribution is -0.137. The molecule has 4 heteroatoms. The molecule has 1 N–H and O–H groups in total. The second-order valence-corrected chi connectivity index (χ2v) is 8.11. The monoisotopic (exact) mass is 392 g/mol. The molecule has 29 heavy (non-hydrogen) atoms. The maximum absolute atomic E-state index is 12.7. The van der Waals surface area contributed by atoms with Crippen molar-refractivity contribution < 1.29 is 9.59 Å². The summed E-state index contributed by atoms with van der Waals surface area (Å²) in [5.74, 6) is 0.457. The highest BCUT2D eigenvalue weighted by Crippen LogP contribution is 2.30. The van der Waals surface area contributed by atoms with Crippen LogP contribution in [0.2, 0.25) is 0 Å². The van der Waals surface area contributed by atoms with Crippen LogP contribution < -0.4 is 5.32 Å². The van der Waals surface area contributed by atoms with Crippen molar-refractivity contribution in [3.8, 4) is 0 Å². The Morgan fingerprint density at radius 1 is 0.862 bits per heavy atom. The van der Waals surface area contributed by atoms with Gasteiger partial charge in [0.2, 0.25) is 11.8 Å². The van der Waals surface area contributed by atoms with E-state index in [4.69, 9.17) is 0 Å². The van der Waals surface area contributed by atoms with E-state index in [0.717, 1.165) is 44.1 Å². The molecule has 0 saturated heterocycles. The first-order chi connectivity index (χ1) is 14.1. The molecule has 1 fully saturated rings. The molecule has 3 rings (SSSR count). The fraction of sp³-hybridized carbons (Fsp3) is 0.440. The number of nitrogens with zero attached hydrogens (tertiary/aromatic N) is 1. The predicted molar refractivity (Wildman–Crippen MR) is 116 cm³/mol. The average Bonchev–Trinajstić information content (AvgIpc) is 2.77. The van der Waals surface area contributed by atoms with Gasteiger partial charge in [-0.25, -0.2) is 0 Å². The second kappa shape index (κ2) is 10.8. The van der Waals surface area contributed by atoms with Gasteiger partial charge < -0.3 is 10.2 Å². The van der Waals surface area contributed by atoms with Gasteiger partial charge in [-0.1, -0.05) is 60.7 Å². The van der Waals surface area contributed by atoms with E-state index >= 15 is 0 Å². The standard InChI is InChI=1S/C25H32N2O2/c1-27(19-21-11-6-3-7-12-21)25(29)23-16-14-22(15-17-23)24(28)26-18-8-13-20-9-4-2-5-10-20/h2-7,9-12,22-23H,8,13-19H2,1H3,(H,26,28). The third-order valence-corrected chi connectivity index (χ3v) is 5.87. The Morgan fingerprint density at radius 2 is 1.41 bits per heavy atom. The van der Waals surface area contributed by atoms with Crippen LogP contribution in [0.25, 0.3) is 0 Å². The molecule has 0 heterocycles. The summed E-state index contributed by atoms with van der Waals surface area (Å²) in [5, 5.41) is 3.09. The molecule has 4 nitrogen and oxygen atoms in total. The fourth-order valence-electron chi connectivity index (χ4n) is 4.14. The molecule has 0 atom stereocenters. The average molecular weight is 393 g/mol. The van der Waals surface area contributed by atoms with Gasteiger partial charge in [0.15, 0.2) is 0 Å². The van der Waals surface area contributed by atoms with Gasteiger partial charge >= 0.3 is 0 Å². The summed E-state index contributed by atoms with van der Waals surface area (Å²) in [6.07, 6.45) is 5.16. The Hall–Kier alpha value is -2.62. The molecule has 2 aromatic carbocycles. The minimum absolute atomic E-state index is 0.0471. The molecular weight excluding hydrogens is 360 g/mol. The summed E-state index contributed by atoms with van der Waals surface area (Å²) in [4.78, 5) is 27.0. The lowest BCUT2D eigenvalue weighted by atomic mass is 9.81. The smallest absolute Gasteiger partial charge is 0.225 e. The van der Waals surface area contributed by atoms with E-state index in [-0.39, 0.29) is 23.7 Å². The summed E-state index contributed by atoms with van der Waals surface area (Å²) < 4.78 is 0. The molecule has 154 valence electrons. The van der Waals surface area contributed by atoms with Gasteiger partial charge in [0.25, 0.3) is 0 Å². The van der Waals surface area contributed by atoms with Crippen LogP contribution in [0.1, 0.15) is 43.2 Å². The van der Waals surface area contributed by atoms with Crippen molar-refractivity contribution >= 4 is 11.8 Å². The number of carbonyl (C=O) groups excluding carboxylic acids is 2. The topological polar surface area (TPSA) is 49.4 Å². The Balaban J connectivity index is 1.35. The molecule has 0 aromatic heterocycles. The largest absolute Gasteiger partial charge is 0.356 e. The minimum atomic E-state index is 0.0471. The van der Waals surface area contributed by atoms with Crippen LogP contribution in [0.5, 0.6) is 0 Å². The maximum Gasteiger partial charge on any atom is 0.225 e. The van der Waals surface area contributed by atoms with Gasteiger partial charge in [0, 0.05) is 32.0 Å². The Kier molecular flexibility index (Phi) is 7.85. The number of amides is 2. The normalized spacial score (nSPS) is 18.8. The van der Waals surface area contributed by atoms with Crippen LogP contribution in [0.4, 0.5) is 0 Å². The first kappa shape index (κ1) is 21.1. The number of carbonyl (C=O) groups is 2. The van der Waals surface area contributed by atoms with E-state index in [1.165, 1.54) is 5.56 Å². The van der Waals surface area contributed by atoms with Crippen molar-refractivity contribution in [3.05, 3.63) is 71.8 Å². The molecule has 0 radical (unpaired) electrons. The summed E-state index contributed by atoms with van der Waals surface area (Å²) in [7, 11) is 1.88. The van der Waals surface area contributed by atoms with Crippen molar-refractivity contribution in [2.45, 2.75) is 45.1 Å². The van der Waals surface area contributed by atoms with Gasteiger partial charge in [0.1, 0.15) is 0 Å². The van der Waals surface area contributed by atoms with Crippen LogP contribution in [-0.2, 0) is 22.6 Å². The summed E-state index contributed by atoms with van der Waals surface area (Å²) in [6.45, 7) is 1.36.